The van der Waals surface area contributed by atoms with Crippen LogP contribution in [0.25, 0.3) is 0 Å². The summed E-state index contributed by atoms with van der Waals surface area (Å²) in [4.78, 5) is 13.5. The first-order valence-electron chi connectivity index (χ1n) is 5.75. The molecule has 1 heterocycles. The lowest BCUT2D eigenvalue weighted by atomic mass is 10.2. The number of fused-ring (bicyclic) bond motifs is 1. The molecule has 0 spiro atoms. The van der Waals surface area contributed by atoms with Crippen molar-refractivity contribution < 1.29 is 9.18 Å². The molecule has 17 heavy (non-hydrogen) atoms. The van der Waals surface area contributed by atoms with Gasteiger partial charge in [0.2, 0.25) is 5.91 Å². The number of amides is 1. The highest BCUT2D eigenvalue weighted by Crippen LogP contribution is 2.29. The van der Waals surface area contributed by atoms with Gasteiger partial charge in [-0.15, -0.1) is 0 Å². The number of nitrogens with one attached hydrogen (secondary N) is 1. The standard InChI is InChI=1S/C12H16FN3O/c13-9-2-3-10-11(8-9)16(6-1-5-14)7-4-12(17)15-10/h2-3,8H,1,4-7,14H2,(H,15,17). The van der Waals surface area contributed by atoms with Gasteiger partial charge in [0.15, 0.2) is 0 Å². The maximum absolute atomic E-state index is 13.3. The second-order valence-electron chi connectivity index (χ2n) is 4.09. The molecule has 5 heteroatoms. The molecular weight excluding hydrogens is 221 g/mol. The van der Waals surface area contributed by atoms with Crippen molar-refractivity contribution in [1.82, 2.24) is 0 Å². The van der Waals surface area contributed by atoms with Crippen LogP contribution in [-0.2, 0) is 4.79 Å². The second kappa shape index (κ2) is 5.14. The number of anilines is 2. The largest absolute Gasteiger partial charge is 0.369 e. The molecule has 1 aliphatic heterocycles. The van der Waals surface area contributed by atoms with Crippen LogP contribution >= 0.6 is 0 Å². The molecule has 1 amide bonds. The molecule has 0 aliphatic carbocycles. The average molecular weight is 237 g/mol. The van der Waals surface area contributed by atoms with E-state index in [2.05, 4.69) is 5.32 Å². The van der Waals surface area contributed by atoms with Gasteiger partial charge >= 0.3 is 0 Å². The van der Waals surface area contributed by atoms with Crippen molar-refractivity contribution in [3.63, 3.8) is 0 Å². The quantitative estimate of drug-likeness (QED) is 0.833. The van der Waals surface area contributed by atoms with Gasteiger partial charge in [0, 0.05) is 19.5 Å². The summed E-state index contributed by atoms with van der Waals surface area (Å²) in [6, 6.07) is 4.41. The average Bonchev–Trinajstić information content (AvgIpc) is 2.46. The van der Waals surface area contributed by atoms with Crippen LogP contribution in [0, 0.1) is 5.82 Å². The van der Waals surface area contributed by atoms with Crippen LogP contribution in [0.5, 0.6) is 0 Å². The number of carbonyl (C=O) groups is 1. The summed E-state index contributed by atoms with van der Waals surface area (Å²) >= 11 is 0. The summed E-state index contributed by atoms with van der Waals surface area (Å²) in [7, 11) is 0. The molecule has 1 aromatic carbocycles. The molecule has 1 aliphatic rings. The third-order valence-electron chi connectivity index (χ3n) is 2.82. The molecule has 0 radical (unpaired) electrons. The fourth-order valence-corrected chi connectivity index (χ4v) is 1.96. The van der Waals surface area contributed by atoms with Gasteiger partial charge in [-0.1, -0.05) is 0 Å². The first kappa shape index (κ1) is 11.9. The van der Waals surface area contributed by atoms with Crippen molar-refractivity contribution >= 4 is 17.3 Å². The van der Waals surface area contributed by atoms with Gasteiger partial charge in [-0.25, -0.2) is 4.39 Å². The van der Waals surface area contributed by atoms with Crippen molar-refractivity contribution in [2.45, 2.75) is 12.8 Å². The molecule has 92 valence electrons. The number of nitrogens with zero attached hydrogens (tertiary/aromatic N) is 1. The minimum absolute atomic E-state index is 0.0342. The molecule has 4 nitrogen and oxygen atoms in total. The molecule has 0 aromatic heterocycles. The Kier molecular flexibility index (Phi) is 3.58. The van der Waals surface area contributed by atoms with Crippen LogP contribution in [0.3, 0.4) is 0 Å². The Morgan fingerprint density at radius 1 is 1.47 bits per heavy atom. The summed E-state index contributed by atoms with van der Waals surface area (Å²) in [6.45, 7) is 1.92. The molecule has 2 rings (SSSR count). The van der Waals surface area contributed by atoms with Crippen LogP contribution in [-0.4, -0.2) is 25.5 Å². The minimum Gasteiger partial charge on any atom is -0.369 e. The molecule has 0 atom stereocenters. The zero-order valence-corrected chi connectivity index (χ0v) is 9.58. The molecule has 0 unspecified atom stereocenters. The zero-order chi connectivity index (χ0) is 12.3. The van der Waals surface area contributed by atoms with Gasteiger partial charge in [-0.2, -0.15) is 0 Å². The Bertz CT molecular complexity index is 422. The van der Waals surface area contributed by atoms with E-state index in [4.69, 9.17) is 5.73 Å². The summed E-state index contributed by atoms with van der Waals surface area (Å²) in [6.07, 6.45) is 1.24. The van der Waals surface area contributed by atoms with E-state index in [9.17, 15) is 9.18 Å². The topological polar surface area (TPSA) is 58.4 Å². The minimum atomic E-state index is -0.294. The highest BCUT2D eigenvalue weighted by molar-refractivity contribution is 5.96. The van der Waals surface area contributed by atoms with Gasteiger partial charge < -0.3 is 16.0 Å². The normalized spacial score (nSPS) is 15.2. The number of rotatable bonds is 3. The third-order valence-corrected chi connectivity index (χ3v) is 2.82. The van der Waals surface area contributed by atoms with E-state index < -0.39 is 0 Å². The molecule has 0 bridgehead atoms. The Hall–Kier alpha value is -1.62. The summed E-state index contributed by atoms with van der Waals surface area (Å²) < 4.78 is 13.3. The van der Waals surface area contributed by atoms with E-state index in [1.165, 1.54) is 12.1 Å². The van der Waals surface area contributed by atoms with E-state index >= 15 is 0 Å². The zero-order valence-electron chi connectivity index (χ0n) is 9.58. The van der Waals surface area contributed by atoms with Crippen molar-refractivity contribution in [2.24, 2.45) is 5.73 Å². The van der Waals surface area contributed by atoms with E-state index in [1.54, 1.807) is 6.07 Å². The molecular formula is C12H16FN3O. The molecule has 0 fully saturated rings. The van der Waals surface area contributed by atoms with E-state index in [0.717, 1.165) is 18.7 Å². The van der Waals surface area contributed by atoms with Crippen LogP contribution in [0.2, 0.25) is 0 Å². The Labute approximate surface area is 99.6 Å². The molecule has 3 N–H and O–H groups in total. The van der Waals surface area contributed by atoms with Gasteiger partial charge in [0.1, 0.15) is 5.82 Å². The van der Waals surface area contributed by atoms with Crippen LogP contribution in [0.15, 0.2) is 18.2 Å². The highest BCUT2D eigenvalue weighted by Gasteiger charge is 2.18. The predicted molar refractivity (Wildman–Crippen MR) is 65.5 cm³/mol. The van der Waals surface area contributed by atoms with Crippen LogP contribution in [0.4, 0.5) is 15.8 Å². The number of halogens is 1. The molecule has 0 saturated heterocycles. The molecule has 1 aromatic rings. The van der Waals surface area contributed by atoms with Crippen molar-refractivity contribution in [2.75, 3.05) is 29.9 Å². The van der Waals surface area contributed by atoms with Gasteiger partial charge in [0.25, 0.3) is 0 Å². The van der Waals surface area contributed by atoms with Crippen molar-refractivity contribution in [1.29, 1.82) is 0 Å². The first-order valence-corrected chi connectivity index (χ1v) is 5.75. The maximum atomic E-state index is 13.3. The fourth-order valence-electron chi connectivity index (χ4n) is 1.96. The van der Waals surface area contributed by atoms with E-state index in [1.807, 2.05) is 4.90 Å². The van der Waals surface area contributed by atoms with Crippen LogP contribution < -0.4 is 16.0 Å². The summed E-state index contributed by atoms with van der Waals surface area (Å²) in [5, 5.41) is 2.78. The smallest absolute Gasteiger partial charge is 0.226 e. The van der Waals surface area contributed by atoms with Gasteiger partial charge in [-0.05, 0) is 31.2 Å². The monoisotopic (exact) mass is 237 g/mol. The first-order chi connectivity index (χ1) is 8.20. The Balaban J connectivity index is 2.30. The van der Waals surface area contributed by atoms with E-state index in [0.29, 0.717) is 25.2 Å². The fraction of sp³-hybridized carbons (Fsp3) is 0.417. The Morgan fingerprint density at radius 2 is 2.29 bits per heavy atom. The van der Waals surface area contributed by atoms with Gasteiger partial charge in [-0.3, -0.25) is 4.79 Å². The van der Waals surface area contributed by atoms with Gasteiger partial charge in [0.05, 0.1) is 11.4 Å². The number of benzene rings is 1. The maximum Gasteiger partial charge on any atom is 0.226 e. The van der Waals surface area contributed by atoms with E-state index in [-0.39, 0.29) is 11.7 Å². The number of hydrogen-bond donors (Lipinski definition) is 2. The Morgan fingerprint density at radius 3 is 3.06 bits per heavy atom. The highest BCUT2D eigenvalue weighted by atomic mass is 19.1. The predicted octanol–water partition coefficient (Wildman–Crippen LogP) is 1.32. The van der Waals surface area contributed by atoms with Crippen LogP contribution in [0.1, 0.15) is 12.8 Å². The van der Waals surface area contributed by atoms with Crippen molar-refractivity contribution in [3.05, 3.63) is 24.0 Å². The number of nitrogens with two attached hydrogens (primary N) is 1. The lowest BCUT2D eigenvalue weighted by Gasteiger charge is -2.23. The van der Waals surface area contributed by atoms with Crippen molar-refractivity contribution in [3.8, 4) is 0 Å². The third kappa shape index (κ3) is 2.74. The number of carbonyl (C=O) groups excluding carboxylic acids is 1. The SMILES string of the molecule is NCCCN1CCC(=O)Nc2ccc(F)cc21. The summed E-state index contributed by atoms with van der Waals surface area (Å²) in [5.41, 5.74) is 6.89. The lowest BCUT2D eigenvalue weighted by Crippen LogP contribution is -2.27. The number of hydrogen-bond acceptors (Lipinski definition) is 3. The summed E-state index contributed by atoms with van der Waals surface area (Å²) in [5.74, 6) is -0.328. The lowest BCUT2D eigenvalue weighted by molar-refractivity contribution is -0.115. The second-order valence-corrected chi connectivity index (χ2v) is 4.09. The molecule has 0 saturated carbocycles.